The van der Waals surface area contributed by atoms with Crippen LogP contribution in [0.4, 0.5) is 0 Å². The van der Waals surface area contributed by atoms with Crippen molar-refractivity contribution in [2.75, 3.05) is 13.1 Å². The SMILES string of the molecule is CC(C)(O)C1CCN(Cc2ccc(CC(=O)O)cc2)C1. The van der Waals surface area contributed by atoms with E-state index < -0.39 is 11.6 Å². The molecule has 4 heteroatoms. The zero-order chi connectivity index (χ0) is 14.8. The first-order chi connectivity index (χ1) is 9.34. The van der Waals surface area contributed by atoms with Gasteiger partial charge in [0.2, 0.25) is 0 Å². The molecule has 1 saturated heterocycles. The highest BCUT2D eigenvalue weighted by Gasteiger charge is 2.33. The molecule has 1 aromatic rings. The zero-order valence-electron chi connectivity index (χ0n) is 12.2. The predicted octanol–water partition coefficient (Wildman–Crippen LogP) is 1.91. The largest absolute Gasteiger partial charge is 0.481 e. The highest BCUT2D eigenvalue weighted by atomic mass is 16.4. The number of carboxylic acids is 1. The lowest BCUT2D eigenvalue weighted by molar-refractivity contribution is -0.136. The van der Waals surface area contributed by atoms with Crippen molar-refractivity contribution >= 4 is 5.97 Å². The van der Waals surface area contributed by atoms with E-state index in [-0.39, 0.29) is 6.42 Å². The fourth-order valence-electron chi connectivity index (χ4n) is 2.75. The maximum absolute atomic E-state index is 10.6. The maximum Gasteiger partial charge on any atom is 0.307 e. The number of carboxylic acid groups (broad SMARTS) is 1. The Morgan fingerprint density at radius 2 is 1.90 bits per heavy atom. The molecule has 1 atom stereocenters. The van der Waals surface area contributed by atoms with Gasteiger partial charge in [-0.25, -0.2) is 0 Å². The van der Waals surface area contributed by atoms with Gasteiger partial charge in [0.1, 0.15) is 0 Å². The molecule has 0 bridgehead atoms. The van der Waals surface area contributed by atoms with Crippen LogP contribution in [-0.2, 0) is 17.8 Å². The summed E-state index contributed by atoms with van der Waals surface area (Å²) in [6.45, 7) is 6.54. The molecule has 1 aromatic carbocycles. The van der Waals surface area contributed by atoms with Gasteiger partial charge in [0, 0.05) is 19.0 Å². The Morgan fingerprint density at radius 1 is 1.30 bits per heavy atom. The molecule has 0 spiro atoms. The number of hydrogen-bond acceptors (Lipinski definition) is 3. The molecule has 1 fully saturated rings. The van der Waals surface area contributed by atoms with Crippen molar-refractivity contribution in [2.45, 2.75) is 38.8 Å². The molecule has 2 rings (SSSR count). The summed E-state index contributed by atoms with van der Waals surface area (Å²) in [5, 5.41) is 18.8. The van der Waals surface area contributed by atoms with Crippen molar-refractivity contribution in [3.63, 3.8) is 0 Å². The van der Waals surface area contributed by atoms with Crippen LogP contribution in [0.25, 0.3) is 0 Å². The first-order valence-corrected chi connectivity index (χ1v) is 7.09. The molecule has 4 nitrogen and oxygen atoms in total. The Hall–Kier alpha value is -1.39. The predicted molar refractivity (Wildman–Crippen MR) is 77.5 cm³/mol. The number of likely N-dealkylation sites (tertiary alicyclic amines) is 1. The molecule has 0 aromatic heterocycles. The van der Waals surface area contributed by atoms with Crippen molar-refractivity contribution in [3.05, 3.63) is 35.4 Å². The normalized spacial score (nSPS) is 20.2. The van der Waals surface area contributed by atoms with Crippen LogP contribution in [0.2, 0.25) is 0 Å². The van der Waals surface area contributed by atoms with Crippen molar-refractivity contribution in [1.29, 1.82) is 0 Å². The summed E-state index contributed by atoms with van der Waals surface area (Å²) in [5.74, 6) is -0.473. The lowest BCUT2D eigenvalue weighted by atomic mass is 9.90. The Bertz CT molecular complexity index is 462. The van der Waals surface area contributed by atoms with E-state index in [2.05, 4.69) is 4.90 Å². The molecule has 1 aliphatic heterocycles. The minimum Gasteiger partial charge on any atom is -0.481 e. The Morgan fingerprint density at radius 3 is 2.40 bits per heavy atom. The molecular weight excluding hydrogens is 254 g/mol. The van der Waals surface area contributed by atoms with Crippen molar-refractivity contribution in [2.24, 2.45) is 5.92 Å². The van der Waals surface area contributed by atoms with Gasteiger partial charge in [-0.05, 0) is 37.9 Å². The van der Waals surface area contributed by atoms with Crippen LogP contribution in [0.15, 0.2) is 24.3 Å². The van der Waals surface area contributed by atoms with Gasteiger partial charge in [-0.1, -0.05) is 24.3 Å². The molecule has 0 amide bonds. The third kappa shape index (κ3) is 4.05. The topological polar surface area (TPSA) is 60.8 Å². The van der Waals surface area contributed by atoms with Gasteiger partial charge in [-0.15, -0.1) is 0 Å². The molecule has 20 heavy (non-hydrogen) atoms. The molecule has 1 unspecified atom stereocenters. The van der Waals surface area contributed by atoms with Crippen molar-refractivity contribution in [3.8, 4) is 0 Å². The van der Waals surface area contributed by atoms with E-state index in [1.165, 1.54) is 5.56 Å². The summed E-state index contributed by atoms with van der Waals surface area (Å²) in [5.41, 5.74) is 1.41. The molecular formula is C16H23NO3. The molecule has 1 heterocycles. The van der Waals surface area contributed by atoms with Gasteiger partial charge in [-0.3, -0.25) is 9.69 Å². The standard InChI is InChI=1S/C16H23NO3/c1-16(2,20)14-7-8-17(11-14)10-13-5-3-12(4-6-13)9-15(18)19/h3-6,14,20H,7-11H2,1-2H3,(H,18,19). The summed E-state index contributed by atoms with van der Waals surface area (Å²) < 4.78 is 0. The summed E-state index contributed by atoms with van der Waals surface area (Å²) in [7, 11) is 0. The number of rotatable bonds is 5. The van der Waals surface area contributed by atoms with Crippen LogP contribution in [0, 0.1) is 5.92 Å². The van der Waals surface area contributed by atoms with Gasteiger partial charge in [0.05, 0.1) is 12.0 Å². The number of benzene rings is 1. The van der Waals surface area contributed by atoms with Crippen molar-refractivity contribution < 1.29 is 15.0 Å². The van der Waals surface area contributed by atoms with Crippen molar-refractivity contribution in [1.82, 2.24) is 4.90 Å². The number of hydrogen-bond donors (Lipinski definition) is 2. The monoisotopic (exact) mass is 277 g/mol. The maximum atomic E-state index is 10.6. The van der Waals surface area contributed by atoms with Gasteiger partial charge < -0.3 is 10.2 Å². The van der Waals surface area contributed by atoms with Gasteiger partial charge >= 0.3 is 5.97 Å². The molecule has 0 aliphatic carbocycles. The van der Waals surface area contributed by atoms with E-state index in [9.17, 15) is 9.90 Å². The summed E-state index contributed by atoms with van der Waals surface area (Å²) in [6.07, 6.45) is 1.10. The smallest absolute Gasteiger partial charge is 0.307 e. The zero-order valence-corrected chi connectivity index (χ0v) is 12.2. The number of aliphatic carboxylic acids is 1. The molecule has 0 saturated carbocycles. The minimum absolute atomic E-state index is 0.0742. The number of aliphatic hydroxyl groups is 1. The van der Waals surface area contributed by atoms with Crippen LogP contribution >= 0.6 is 0 Å². The van der Waals surface area contributed by atoms with Gasteiger partial charge in [0.25, 0.3) is 0 Å². The van der Waals surface area contributed by atoms with E-state index in [1.807, 2.05) is 38.1 Å². The fourth-order valence-corrected chi connectivity index (χ4v) is 2.75. The second-order valence-electron chi connectivity index (χ2n) is 6.26. The fraction of sp³-hybridized carbons (Fsp3) is 0.562. The van der Waals surface area contributed by atoms with Crippen LogP contribution in [0.3, 0.4) is 0 Å². The Balaban J connectivity index is 1.90. The average Bonchev–Trinajstić information content (AvgIpc) is 2.79. The van der Waals surface area contributed by atoms with E-state index in [0.717, 1.165) is 31.6 Å². The summed E-state index contributed by atoms with van der Waals surface area (Å²) in [6, 6.07) is 7.76. The van der Waals surface area contributed by atoms with Crippen LogP contribution < -0.4 is 0 Å². The molecule has 1 aliphatic rings. The quantitative estimate of drug-likeness (QED) is 0.863. The highest BCUT2D eigenvalue weighted by Crippen LogP contribution is 2.27. The second-order valence-corrected chi connectivity index (χ2v) is 6.26. The first-order valence-electron chi connectivity index (χ1n) is 7.09. The number of carbonyl (C=O) groups is 1. The van der Waals surface area contributed by atoms with E-state index >= 15 is 0 Å². The van der Waals surface area contributed by atoms with Gasteiger partial charge in [0.15, 0.2) is 0 Å². The molecule has 0 radical (unpaired) electrons. The van der Waals surface area contributed by atoms with E-state index in [4.69, 9.17) is 5.11 Å². The second kappa shape index (κ2) is 5.94. The highest BCUT2D eigenvalue weighted by molar-refractivity contribution is 5.70. The summed E-state index contributed by atoms with van der Waals surface area (Å²) >= 11 is 0. The number of nitrogens with zero attached hydrogens (tertiary/aromatic N) is 1. The lowest BCUT2D eigenvalue weighted by Crippen LogP contribution is -2.33. The van der Waals surface area contributed by atoms with E-state index in [0.29, 0.717) is 5.92 Å². The van der Waals surface area contributed by atoms with E-state index in [1.54, 1.807) is 0 Å². The van der Waals surface area contributed by atoms with Gasteiger partial charge in [-0.2, -0.15) is 0 Å². The molecule has 110 valence electrons. The third-order valence-electron chi connectivity index (χ3n) is 4.06. The lowest BCUT2D eigenvalue weighted by Gasteiger charge is -2.25. The minimum atomic E-state index is -0.801. The summed E-state index contributed by atoms with van der Waals surface area (Å²) in [4.78, 5) is 13.0. The van der Waals surface area contributed by atoms with Crippen LogP contribution in [0.5, 0.6) is 0 Å². The first kappa shape index (κ1) is 15.0. The third-order valence-corrected chi connectivity index (χ3v) is 4.06. The Kier molecular flexibility index (Phi) is 4.45. The van der Waals surface area contributed by atoms with Crippen LogP contribution in [0.1, 0.15) is 31.4 Å². The Labute approximate surface area is 120 Å². The molecule has 2 N–H and O–H groups in total. The average molecular weight is 277 g/mol. The van der Waals surface area contributed by atoms with Crippen LogP contribution in [-0.4, -0.2) is 39.8 Å².